The van der Waals surface area contributed by atoms with Gasteiger partial charge in [-0.1, -0.05) is 58.2 Å². The van der Waals surface area contributed by atoms with E-state index in [1.807, 2.05) is 59.7 Å². The van der Waals surface area contributed by atoms with Crippen LogP contribution in [0.4, 0.5) is 4.79 Å². The van der Waals surface area contributed by atoms with E-state index in [4.69, 9.17) is 4.74 Å². The number of hydrogen-bond acceptors (Lipinski definition) is 4. The third-order valence-electron chi connectivity index (χ3n) is 6.27. The van der Waals surface area contributed by atoms with Crippen molar-refractivity contribution >= 4 is 17.9 Å². The van der Waals surface area contributed by atoms with Crippen LogP contribution in [0.1, 0.15) is 104 Å². The van der Waals surface area contributed by atoms with Gasteiger partial charge in [0.1, 0.15) is 17.7 Å². The van der Waals surface area contributed by atoms with Gasteiger partial charge in [-0.05, 0) is 77.5 Å². The lowest BCUT2D eigenvalue weighted by molar-refractivity contribution is -0.143. The Labute approximate surface area is 218 Å². The van der Waals surface area contributed by atoms with Crippen LogP contribution < -0.4 is 10.6 Å². The van der Waals surface area contributed by atoms with Crippen LogP contribution in [0.5, 0.6) is 0 Å². The zero-order valence-electron chi connectivity index (χ0n) is 24.2. The molecule has 3 unspecified atom stereocenters. The van der Waals surface area contributed by atoms with E-state index in [2.05, 4.69) is 17.6 Å². The summed E-state index contributed by atoms with van der Waals surface area (Å²) in [5.74, 6) is -0.640. The van der Waals surface area contributed by atoms with Gasteiger partial charge in [0, 0.05) is 12.6 Å². The Hall–Kier alpha value is -2.57. The Bertz CT molecular complexity index is 876. The summed E-state index contributed by atoms with van der Waals surface area (Å²) in [7, 11) is 0. The van der Waals surface area contributed by atoms with Gasteiger partial charge in [-0.2, -0.15) is 0 Å². The average Bonchev–Trinajstić information content (AvgIpc) is 2.76. The largest absolute Gasteiger partial charge is 0.444 e. The van der Waals surface area contributed by atoms with Crippen LogP contribution in [0.25, 0.3) is 0 Å². The summed E-state index contributed by atoms with van der Waals surface area (Å²) >= 11 is 0. The smallest absolute Gasteiger partial charge is 0.408 e. The predicted octanol–water partition coefficient (Wildman–Crippen LogP) is 5.83. The first-order chi connectivity index (χ1) is 16.7. The van der Waals surface area contributed by atoms with Crippen molar-refractivity contribution in [3.8, 4) is 0 Å². The number of ether oxygens (including phenoxy) is 1. The monoisotopic (exact) mass is 503 g/mol. The Morgan fingerprint density at radius 2 is 1.61 bits per heavy atom. The Morgan fingerprint density at radius 3 is 2.11 bits per heavy atom. The summed E-state index contributed by atoms with van der Waals surface area (Å²) < 4.78 is 5.47. The first kappa shape index (κ1) is 31.5. The summed E-state index contributed by atoms with van der Waals surface area (Å²) in [4.78, 5) is 42.1. The zero-order valence-corrected chi connectivity index (χ0v) is 24.2. The second-order valence-electron chi connectivity index (χ2n) is 11.2. The van der Waals surface area contributed by atoms with Gasteiger partial charge in [0.2, 0.25) is 11.8 Å². The SMILES string of the molecule is CCCCCN(C(=O)C(NC(=O)OC(C)(C)C)C(C)CC)C(C(=O)NC(C)C)c1ccc(C)c(C)c1. The number of unbranched alkanes of at least 4 members (excludes halogenated alkanes) is 2. The molecule has 0 fully saturated rings. The fourth-order valence-corrected chi connectivity index (χ4v) is 3.97. The van der Waals surface area contributed by atoms with E-state index in [1.165, 1.54) is 0 Å². The molecule has 1 aromatic rings. The van der Waals surface area contributed by atoms with E-state index >= 15 is 0 Å². The molecule has 204 valence electrons. The molecule has 0 aromatic heterocycles. The fraction of sp³-hybridized carbons (Fsp3) is 0.690. The summed E-state index contributed by atoms with van der Waals surface area (Å²) in [6.45, 7) is 19.6. The molecule has 1 aromatic carbocycles. The maximum absolute atomic E-state index is 14.2. The topological polar surface area (TPSA) is 87.7 Å². The molecule has 0 aliphatic heterocycles. The molecule has 0 saturated carbocycles. The Balaban J connectivity index is 3.55. The number of aryl methyl sites for hydroxylation is 2. The number of nitrogens with one attached hydrogen (secondary N) is 2. The van der Waals surface area contributed by atoms with Gasteiger partial charge in [0.25, 0.3) is 0 Å². The standard InChI is InChI=1S/C29H49N3O4/c1-11-13-14-17-32(27(34)24(20(5)12-2)31-28(35)36-29(8,9)10)25(26(33)30-19(3)4)23-16-15-21(6)22(7)18-23/h15-16,18-20,24-25H,11-14,17H2,1-10H3,(H,30,33)(H,31,35). The van der Waals surface area contributed by atoms with E-state index in [9.17, 15) is 14.4 Å². The van der Waals surface area contributed by atoms with Gasteiger partial charge >= 0.3 is 6.09 Å². The molecular formula is C29H49N3O4. The minimum Gasteiger partial charge on any atom is -0.444 e. The number of nitrogens with zero attached hydrogens (tertiary/aromatic N) is 1. The zero-order chi connectivity index (χ0) is 27.6. The molecule has 0 saturated heterocycles. The van der Waals surface area contributed by atoms with Gasteiger partial charge in [0.05, 0.1) is 0 Å². The predicted molar refractivity (Wildman–Crippen MR) is 146 cm³/mol. The van der Waals surface area contributed by atoms with Crippen molar-refractivity contribution in [1.29, 1.82) is 0 Å². The Kier molecular flexibility index (Phi) is 12.4. The maximum atomic E-state index is 14.2. The molecule has 2 N–H and O–H groups in total. The minimum atomic E-state index is -0.813. The van der Waals surface area contributed by atoms with E-state index < -0.39 is 23.8 Å². The lowest BCUT2D eigenvalue weighted by Crippen LogP contribution is -2.55. The molecule has 0 aliphatic carbocycles. The summed E-state index contributed by atoms with van der Waals surface area (Å²) in [6.07, 6.45) is 2.73. The van der Waals surface area contributed by atoms with E-state index in [0.717, 1.165) is 36.0 Å². The van der Waals surface area contributed by atoms with Crippen molar-refractivity contribution in [2.45, 2.75) is 119 Å². The highest BCUT2D eigenvalue weighted by Crippen LogP contribution is 2.27. The van der Waals surface area contributed by atoms with Crippen LogP contribution in [0, 0.1) is 19.8 Å². The number of carbonyl (C=O) groups excluding carboxylic acids is 3. The number of carbonyl (C=O) groups is 3. The van der Waals surface area contributed by atoms with Crippen molar-refractivity contribution in [3.05, 3.63) is 34.9 Å². The van der Waals surface area contributed by atoms with Gasteiger partial charge in [-0.15, -0.1) is 0 Å². The lowest BCUT2D eigenvalue weighted by Gasteiger charge is -2.36. The van der Waals surface area contributed by atoms with Gasteiger partial charge < -0.3 is 20.3 Å². The van der Waals surface area contributed by atoms with Crippen LogP contribution in [0.3, 0.4) is 0 Å². The molecule has 0 heterocycles. The van der Waals surface area contributed by atoms with Crippen LogP contribution >= 0.6 is 0 Å². The average molecular weight is 504 g/mol. The van der Waals surface area contributed by atoms with Crippen LogP contribution in [-0.2, 0) is 14.3 Å². The molecule has 1 rings (SSSR count). The van der Waals surface area contributed by atoms with Crippen LogP contribution in [0.15, 0.2) is 18.2 Å². The summed E-state index contributed by atoms with van der Waals surface area (Å²) in [5.41, 5.74) is 2.25. The van der Waals surface area contributed by atoms with Crippen LogP contribution in [-0.4, -0.2) is 47.0 Å². The highest BCUT2D eigenvalue weighted by Gasteiger charge is 2.38. The molecule has 7 heteroatoms. The van der Waals surface area contributed by atoms with Gasteiger partial charge in [0.15, 0.2) is 0 Å². The molecule has 0 spiro atoms. The third-order valence-corrected chi connectivity index (χ3v) is 6.27. The van der Waals surface area contributed by atoms with Gasteiger partial charge in [-0.3, -0.25) is 9.59 Å². The summed E-state index contributed by atoms with van der Waals surface area (Å²) in [5, 5.41) is 5.83. The highest BCUT2D eigenvalue weighted by molar-refractivity contribution is 5.92. The molecule has 0 radical (unpaired) electrons. The first-order valence-corrected chi connectivity index (χ1v) is 13.4. The maximum Gasteiger partial charge on any atom is 0.408 e. The number of benzene rings is 1. The first-order valence-electron chi connectivity index (χ1n) is 13.4. The molecule has 3 atom stereocenters. The number of amides is 3. The van der Waals surface area contributed by atoms with Crippen molar-refractivity contribution < 1.29 is 19.1 Å². The number of rotatable bonds is 12. The second-order valence-corrected chi connectivity index (χ2v) is 11.2. The molecule has 0 aliphatic rings. The second kappa shape index (κ2) is 14.2. The lowest BCUT2D eigenvalue weighted by atomic mass is 9.94. The summed E-state index contributed by atoms with van der Waals surface area (Å²) in [6, 6.07) is 4.20. The van der Waals surface area contributed by atoms with Gasteiger partial charge in [-0.25, -0.2) is 4.79 Å². The third kappa shape index (κ3) is 9.82. The highest BCUT2D eigenvalue weighted by atomic mass is 16.6. The van der Waals surface area contributed by atoms with Crippen molar-refractivity contribution in [1.82, 2.24) is 15.5 Å². The fourth-order valence-electron chi connectivity index (χ4n) is 3.97. The quantitative estimate of drug-likeness (QED) is 0.352. The van der Waals surface area contributed by atoms with E-state index in [0.29, 0.717) is 13.0 Å². The molecular weight excluding hydrogens is 454 g/mol. The molecule has 36 heavy (non-hydrogen) atoms. The molecule has 0 bridgehead atoms. The molecule has 7 nitrogen and oxygen atoms in total. The van der Waals surface area contributed by atoms with Crippen molar-refractivity contribution in [2.24, 2.45) is 5.92 Å². The van der Waals surface area contributed by atoms with Crippen molar-refractivity contribution in [3.63, 3.8) is 0 Å². The number of hydrogen-bond donors (Lipinski definition) is 2. The van der Waals surface area contributed by atoms with Crippen LogP contribution in [0.2, 0.25) is 0 Å². The van der Waals surface area contributed by atoms with E-state index in [-0.39, 0.29) is 23.8 Å². The van der Waals surface area contributed by atoms with Crippen molar-refractivity contribution in [2.75, 3.05) is 6.54 Å². The normalized spacial score (nSPS) is 14.1. The minimum absolute atomic E-state index is 0.0793. The molecule has 3 amide bonds. The van der Waals surface area contributed by atoms with E-state index in [1.54, 1.807) is 25.7 Å². The number of alkyl carbamates (subject to hydrolysis) is 1. The Morgan fingerprint density at radius 1 is 0.972 bits per heavy atom.